The molecule has 1 aromatic heterocycles. The van der Waals surface area contributed by atoms with Gasteiger partial charge in [0, 0.05) is 30.1 Å². The Morgan fingerprint density at radius 3 is 2.41 bits per heavy atom. The lowest BCUT2D eigenvalue weighted by molar-refractivity contribution is 0.118. The van der Waals surface area contributed by atoms with Crippen LogP contribution in [-0.2, 0) is 6.42 Å². The molecule has 170 valence electrons. The van der Waals surface area contributed by atoms with Gasteiger partial charge in [0.15, 0.2) is 0 Å². The first kappa shape index (κ1) is 24.5. The van der Waals surface area contributed by atoms with Crippen molar-refractivity contribution in [2.45, 2.75) is 64.3 Å². The normalized spacial score (nSPS) is 22.0. The highest BCUT2D eigenvalue weighted by molar-refractivity contribution is 7.98. The highest BCUT2D eigenvalue weighted by Crippen LogP contribution is 2.31. The summed E-state index contributed by atoms with van der Waals surface area (Å²) in [5.41, 5.74) is 4.60. The smallest absolute Gasteiger partial charge is 0.115 e. The van der Waals surface area contributed by atoms with Gasteiger partial charge in [-0.25, -0.2) is 14.4 Å². The van der Waals surface area contributed by atoms with Crippen molar-refractivity contribution in [1.82, 2.24) is 14.9 Å². The van der Waals surface area contributed by atoms with E-state index >= 15 is 0 Å². The van der Waals surface area contributed by atoms with E-state index in [0.29, 0.717) is 0 Å². The Bertz CT molecular complexity index is 833. The zero-order chi connectivity index (χ0) is 22.6. The fraction of sp³-hybridized carbons (Fsp3) is 0.519. The van der Waals surface area contributed by atoms with Crippen molar-refractivity contribution in [2.24, 2.45) is 10.3 Å². The minimum absolute atomic E-state index is 0.750. The Balaban J connectivity index is 0.00000141. The van der Waals surface area contributed by atoms with Crippen molar-refractivity contribution in [3.63, 3.8) is 0 Å². The highest BCUT2D eigenvalue weighted by Gasteiger charge is 2.26. The molecule has 2 aromatic rings. The van der Waals surface area contributed by atoms with Gasteiger partial charge in [0.1, 0.15) is 6.33 Å². The van der Waals surface area contributed by atoms with Gasteiger partial charge in [-0.05, 0) is 88.0 Å². The van der Waals surface area contributed by atoms with Crippen molar-refractivity contribution >= 4 is 17.7 Å². The van der Waals surface area contributed by atoms with E-state index in [1.807, 2.05) is 12.3 Å². The molecular formula is C27H36N4S. The third kappa shape index (κ3) is 7.46. The zero-order valence-electron chi connectivity index (χ0n) is 19.3. The van der Waals surface area contributed by atoms with E-state index in [9.17, 15) is 0 Å². The summed E-state index contributed by atoms with van der Waals surface area (Å²) in [7, 11) is 0. The van der Waals surface area contributed by atoms with Crippen LogP contribution in [0.2, 0.25) is 0 Å². The van der Waals surface area contributed by atoms with Crippen LogP contribution in [0.3, 0.4) is 0 Å². The first-order chi connectivity index (χ1) is 15.8. The zero-order valence-corrected chi connectivity index (χ0v) is 20.1. The van der Waals surface area contributed by atoms with E-state index in [-0.39, 0.29) is 0 Å². The third-order valence-corrected chi connectivity index (χ3v) is 7.55. The van der Waals surface area contributed by atoms with E-state index in [1.54, 1.807) is 18.3 Å². The maximum Gasteiger partial charge on any atom is 0.115 e. The number of hydrogen-bond acceptors (Lipinski definition) is 5. The molecule has 0 spiro atoms. The number of hydrogen-bond donors (Lipinski definition) is 0. The Hall–Kier alpha value is -2.16. The lowest BCUT2D eigenvalue weighted by Gasteiger charge is -2.38. The fourth-order valence-electron chi connectivity index (χ4n) is 4.71. The topological polar surface area (TPSA) is 41.4 Å². The van der Waals surface area contributed by atoms with Crippen molar-refractivity contribution in [1.29, 1.82) is 0 Å². The molecule has 2 fully saturated rings. The number of aromatic nitrogens is 2. The van der Waals surface area contributed by atoms with Crippen LogP contribution in [0.5, 0.6) is 0 Å². The van der Waals surface area contributed by atoms with Gasteiger partial charge in [0.2, 0.25) is 0 Å². The van der Waals surface area contributed by atoms with Crippen molar-refractivity contribution in [3.8, 4) is 12.8 Å². The molecule has 4 rings (SSSR count). The summed E-state index contributed by atoms with van der Waals surface area (Å²) in [6.45, 7) is 4.79. The Morgan fingerprint density at radius 1 is 1.03 bits per heavy atom. The molecule has 2 heterocycles. The van der Waals surface area contributed by atoms with E-state index < -0.39 is 0 Å². The monoisotopic (exact) mass is 448 g/mol. The first-order valence-corrected chi connectivity index (χ1v) is 12.8. The summed E-state index contributed by atoms with van der Waals surface area (Å²) in [6.07, 6.45) is 21.9. The number of rotatable bonds is 7. The third-order valence-electron chi connectivity index (χ3n) is 6.58. The molecule has 1 saturated carbocycles. The van der Waals surface area contributed by atoms with Gasteiger partial charge < -0.3 is 4.90 Å². The number of likely N-dealkylation sites (tertiary alicyclic amines) is 1. The average Bonchev–Trinajstić information content (AvgIpc) is 2.87. The lowest BCUT2D eigenvalue weighted by atomic mass is 9.86. The summed E-state index contributed by atoms with van der Waals surface area (Å²) in [5.74, 6) is 1.93. The molecule has 1 aromatic carbocycles. The Morgan fingerprint density at radius 2 is 1.75 bits per heavy atom. The summed E-state index contributed by atoms with van der Waals surface area (Å²) in [4.78, 5) is 11.2. The van der Waals surface area contributed by atoms with E-state index in [2.05, 4.69) is 58.9 Å². The first-order valence-electron chi connectivity index (χ1n) is 11.9. The van der Waals surface area contributed by atoms with Crippen LogP contribution < -0.4 is 0 Å². The quantitative estimate of drug-likeness (QED) is 0.307. The van der Waals surface area contributed by atoms with Crippen molar-refractivity contribution in [3.05, 3.63) is 59.7 Å². The van der Waals surface area contributed by atoms with Crippen LogP contribution in [0.1, 0.15) is 61.8 Å². The summed E-state index contributed by atoms with van der Waals surface area (Å²) >= 11 is 1.75. The fourth-order valence-corrected chi connectivity index (χ4v) is 5.65. The molecule has 1 aliphatic heterocycles. The van der Waals surface area contributed by atoms with Gasteiger partial charge in [0.25, 0.3) is 0 Å². The van der Waals surface area contributed by atoms with Crippen LogP contribution in [0.15, 0.2) is 47.3 Å². The predicted octanol–water partition coefficient (Wildman–Crippen LogP) is 5.76. The average molecular weight is 449 g/mol. The van der Waals surface area contributed by atoms with Gasteiger partial charge in [-0.2, -0.15) is 0 Å². The lowest BCUT2D eigenvalue weighted by Crippen LogP contribution is -2.41. The van der Waals surface area contributed by atoms with Crippen LogP contribution in [0, 0.1) is 25.7 Å². The Labute approximate surface area is 198 Å². The minimum Gasteiger partial charge on any atom is -0.300 e. The molecule has 0 bridgehead atoms. The number of piperidine rings is 1. The molecule has 4 nitrogen and oxygen atoms in total. The van der Waals surface area contributed by atoms with Crippen LogP contribution in [0.25, 0.3) is 0 Å². The number of terminal acetylenes is 1. The van der Waals surface area contributed by atoms with E-state index in [4.69, 9.17) is 4.40 Å². The summed E-state index contributed by atoms with van der Waals surface area (Å²) in [6, 6.07) is 11.5. The predicted molar refractivity (Wildman–Crippen MR) is 137 cm³/mol. The number of aryl methyl sites for hydroxylation is 1. The second-order valence-corrected chi connectivity index (χ2v) is 9.62. The van der Waals surface area contributed by atoms with Crippen LogP contribution >= 0.6 is 11.9 Å². The van der Waals surface area contributed by atoms with Crippen molar-refractivity contribution in [2.75, 3.05) is 18.8 Å². The van der Waals surface area contributed by atoms with Gasteiger partial charge in [-0.3, -0.25) is 0 Å². The molecule has 2 aliphatic rings. The summed E-state index contributed by atoms with van der Waals surface area (Å²) < 4.78 is 4.98. The molecule has 32 heavy (non-hydrogen) atoms. The molecule has 0 radical (unpaired) electrons. The van der Waals surface area contributed by atoms with Gasteiger partial charge >= 0.3 is 0 Å². The number of benzene rings is 1. The molecule has 5 heteroatoms. The highest BCUT2D eigenvalue weighted by atomic mass is 32.2. The minimum atomic E-state index is 0.750. The maximum atomic E-state index is 4.98. The summed E-state index contributed by atoms with van der Waals surface area (Å²) in [5, 5.41) is 0. The van der Waals surface area contributed by atoms with Gasteiger partial charge in [-0.1, -0.05) is 36.2 Å². The van der Waals surface area contributed by atoms with E-state index in [0.717, 1.165) is 35.5 Å². The van der Waals surface area contributed by atoms with Crippen LogP contribution in [0.4, 0.5) is 0 Å². The van der Waals surface area contributed by atoms with Crippen LogP contribution in [-0.4, -0.2) is 45.5 Å². The number of nitrogens with zero attached hydrogens (tertiary/aromatic N) is 4. The molecule has 1 aliphatic carbocycles. The molecule has 0 N–H and O–H groups in total. The molecule has 0 atom stereocenters. The molecule has 0 amide bonds. The molecular weight excluding hydrogens is 412 g/mol. The van der Waals surface area contributed by atoms with Gasteiger partial charge in [-0.15, -0.1) is 12.8 Å². The molecule has 0 unspecified atom stereocenters. The van der Waals surface area contributed by atoms with Gasteiger partial charge in [0.05, 0.1) is 5.71 Å². The van der Waals surface area contributed by atoms with E-state index in [1.165, 1.54) is 69.2 Å². The van der Waals surface area contributed by atoms with Crippen molar-refractivity contribution < 1.29 is 0 Å². The standard InChI is InChI=1S/C25H34N4S.C2H2/c1-20-5-9-22(10-6-20)25(17-23-13-14-26-19-27-23)28-30-18-21-7-11-24(12-8-21)29-15-3-2-4-16-29;1-2/h5-6,9-10,13-14,19,21,24H,2-4,7-8,11-12,15-18H2,1H3;1-2H/b28-25+;. The second kappa shape index (κ2) is 13.4. The second-order valence-electron chi connectivity index (χ2n) is 8.85. The largest absolute Gasteiger partial charge is 0.300 e. The maximum absolute atomic E-state index is 4.98. The Kier molecular flexibility index (Phi) is 10.3. The molecule has 1 saturated heterocycles. The SMILES string of the molecule is C#C.Cc1ccc(/C(Cc2ccncn2)=N/SCC2CCC(N3CCCCC3)CC2)cc1.